The Bertz CT molecular complexity index is 550. The van der Waals surface area contributed by atoms with Crippen molar-refractivity contribution in [3.63, 3.8) is 0 Å². The van der Waals surface area contributed by atoms with Gasteiger partial charge in [-0.15, -0.1) is 0 Å². The van der Waals surface area contributed by atoms with Crippen LogP contribution in [0.4, 0.5) is 0 Å². The van der Waals surface area contributed by atoms with E-state index in [0.29, 0.717) is 12.5 Å². The van der Waals surface area contributed by atoms with Crippen molar-refractivity contribution in [2.45, 2.75) is 20.0 Å². The summed E-state index contributed by atoms with van der Waals surface area (Å²) < 4.78 is 5.04. The first-order valence-electron chi connectivity index (χ1n) is 6.56. The third-order valence-corrected chi connectivity index (χ3v) is 2.86. The van der Waals surface area contributed by atoms with Crippen LogP contribution in [0.25, 0.3) is 0 Å². The van der Waals surface area contributed by atoms with E-state index in [9.17, 15) is 0 Å². The van der Waals surface area contributed by atoms with Gasteiger partial charge < -0.3 is 9.57 Å². The Morgan fingerprint density at radius 1 is 1.15 bits per heavy atom. The molecule has 0 saturated heterocycles. The molecule has 0 radical (unpaired) electrons. The van der Waals surface area contributed by atoms with E-state index in [1.807, 2.05) is 49.4 Å². The summed E-state index contributed by atoms with van der Waals surface area (Å²) in [5, 5.41) is 4.20. The topological polar surface area (TPSA) is 43.7 Å². The van der Waals surface area contributed by atoms with Gasteiger partial charge in [-0.25, -0.2) is 4.98 Å². The molecule has 4 heteroatoms. The zero-order chi connectivity index (χ0) is 14.2. The lowest BCUT2D eigenvalue weighted by molar-refractivity contribution is 0.130. The molecule has 0 aliphatic rings. The van der Waals surface area contributed by atoms with Gasteiger partial charge in [0.25, 0.3) is 0 Å². The average molecular weight is 270 g/mol. The largest absolute Gasteiger partial charge is 0.481 e. The van der Waals surface area contributed by atoms with Crippen LogP contribution in [-0.4, -0.2) is 17.8 Å². The first kappa shape index (κ1) is 14.1. The first-order chi connectivity index (χ1) is 9.83. The normalized spacial score (nSPS) is 11.2. The fourth-order valence-corrected chi connectivity index (χ4v) is 1.75. The van der Waals surface area contributed by atoms with Crippen molar-refractivity contribution >= 4 is 5.71 Å². The van der Waals surface area contributed by atoms with Crippen molar-refractivity contribution in [1.82, 2.24) is 4.98 Å². The number of hydrogen-bond acceptors (Lipinski definition) is 4. The highest BCUT2D eigenvalue weighted by Gasteiger charge is 2.03. The number of aromatic nitrogens is 1. The van der Waals surface area contributed by atoms with Gasteiger partial charge in [0.1, 0.15) is 6.61 Å². The molecule has 2 aromatic rings. The average Bonchev–Trinajstić information content (AvgIpc) is 2.53. The van der Waals surface area contributed by atoms with Crippen LogP contribution in [0.1, 0.15) is 24.5 Å². The molecule has 1 heterocycles. The summed E-state index contributed by atoms with van der Waals surface area (Å²) in [6, 6.07) is 13.7. The van der Waals surface area contributed by atoms with Gasteiger partial charge in [-0.1, -0.05) is 42.4 Å². The zero-order valence-corrected chi connectivity index (χ0v) is 11.7. The molecule has 0 amide bonds. The van der Waals surface area contributed by atoms with E-state index in [1.165, 1.54) is 0 Å². The smallest absolute Gasteiger partial charge is 0.212 e. The first-order valence-corrected chi connectivity index (χ1v) is 6.56. The molecule has 0 aliphatic heterocycles. The summed E-state index contributed by atoms with van der Waals surface area (Å²) in [5.74, 6) is 0.592. The van der Waals surface area contributed by atoms with Gasteiger partial charge in [0.15, 0.2) is 0 Å². The van der Waals surface area contributed by atoms with Gasteiger partial charge >= 0.3 is 0 Å². The highest BCUT2D eigenvalue weighted by atomic mass is 16.6. The minimum Gasteiger partial charge on any atom is -0.481 e. The third-order valence-electron chi connectivity index (χ3n) is 2.86. The molecule has 2 rings (SSSR count). The summed E-state index contributed by atoms with van der Waals surface area (Å²) in [5.41, 5.74) is 2.91. The van der Waals surface area contributed by atoms with E-state index in [1.54, 1.807) is 13.3 Å². The number of pyridine rings is 1. The number of nitrogens with zero attached hydrogens (tertiary/aromatic N) is 2. The van der Waals surface area contributed by atoms with Gasteiger partial charge in [-0.2, -0.15) is 0 Å². The maximum Gasteiger partial charge on any atom is 0.212 e. The lowest BCUT2D eigenvalue weighted by atomic mass is 10.1. The van der Waals surface area contributed by atoms with Gasteiger partial charge in [0, 0.05) is 17.8 Å². The van der Waals surface area contributed by atoms with E-state index in [2.05, 4.69) is 10.1 Å². The lowest BCUT2D eigenvalue weighted by Crippen LogP contribution is -2.02. The van der Waals surface area contributed by atoms with E-state index >= 15 is 0 Å². The Hall–Kier alpha value is -2.36. The Labute approximate surface area is 119 Å². The molecule has 0 saturated carbocycles. The molecular formula is C16H18N2O2. The van der Waals surface area contributed by atoms with Gasteiger partial charge in [-0.3, -0.25) is 0 Å². The Morgan fingerprint density at radius 3 is 2.55 bits per heavy atom. The second-order valence-electron chi connectivity index (χ2n) is 4.24. The van der Waals surface area contributed by atoms with E-state index in [-0.39, 0.29) is 0 Å². The molecule has 1 aromatic heterocycles. The summed E-state index contributed by atoms with van der Waals surface area (Å²) in [4.78, 5) is 9.59. The van der Waals surface area contributed by atoms with Crippen LogP contribution in [-0.2, 0) is 11.4 Å². The lowest BCUT2D eigenvalue weighted by Gasteiger charge is -2.05. The second-order valence-corrected chi connectivity index (χ2v) is 4.24. The molecule has 104 valence electrons. The van der Waals surface area contributed by atoms with Crippen LogP contribution in [0.3, 0.4) is 0 Å². The van der Waals surface area contributed by atoms with Crippen molar-refractivity contribution < 1.29 is 9.57 Å². The van der Waals surface area contributed by atoms with Gasteiger partial charge in [0.2, 0.25) is 5.88 Å². The molecule has 0 bridgehead atoms. The minimum absolute atomic E-state index is 0.466. The van der Waals surface area contributed by atoms with Crippen LogP contribution in [0, 0.1) is 0 Å². The molecule has 20 heavy (non-hydrogen) atoms. The van der Waals surface area contributed by atoms with Crippen molar-refractivity contribution in [2.75, 3.05) is 7.11 Å². The van der Waals surface area contributed by atoms with E-state index < -0.39 is 0 Å². The molecule has 0 spiro atoms. The predicted octanol–water partition coefficient (Wildman–Crippen LogP) is 3.42. The van der Waals surface area contributed by atoms with E-state index in [0.717, 1.165) is 23.3 Å². The minimum atomic E-state index is 0.466. The van der Waals surface area contributed by atoms with Gasteiger partial charge in [-0.05, 0) is 18.1 Å². The number of methoxy groups -OCH3 is 1. The quantitative estimate of drug-likeness (QED) is 0.596. The van der Waals surface area contributed by atoms with Crippen molar-refractivity contribution in [1.29, 1.82) is 0 Å². The van der Waals surface area contributed by atoms with Gasteiger partial charge in [0.05, 0.1) is 12.8 Å². The van der Waals surface area contributed by atoms with E-state index in [4.69, 9.17) is 9.57 Å². The number of ether oxygens (including phenoxy) is 1. The molecule has 0 atom stereocenters. The summed E-state index contributed by atoms with van der Waals surface area (Å²) in [7, 11) is 1.60. The number of oxime groups is 1. The molecular weight excluding hydrogens is 252 g/mol. The van der Waals surface area contributed by atoms with Crippen LogP contribution < -0.4 is 4.74 Å². The van der Waals surface area contributed by atoms with Crippen molar-refractivity contribution in [3.8, 4) is 5.88 Å². The summed E-state index contributed by atoms with van der Waals surface area (Å²) in [6.45, 7) is 2.50. The molecule has 0 unspecified atom stereocenters. The molecule has 0 N–H and O–H groups in total. The summed E-state index contributed by atoms with van der Waals surface area (Å²) in [6.07, 6.45) is 2.52. The maximum absolute atomic E-state index is 5.41. The Morgan fingerprint density at radius 2 is 1.95 bits per heavy atom. The Kier molecular flexibility index (Phi) is 5.12. The van der Waals surface area contributed by atoms with Crippen LogP contribution in [0.5, 0.6) is 5.88 Å². The fraction of sp³-hybridized carbons (Fsp3) is 0.250. The molecule has 0 aliphatic carbocycles. The SMILES string of the molecule is CC/C(=N\OCc1ccccc1)c1ccc(OC)nc1. The highest BCUT2D eigenvalue weighted by molar-refractivity contribution is 5.99. The number of benzene rings is 1. The third kappa shape index (κ3) is 3.82. The summed E-state index contributed by atoms with van der Waals surface area (Å²) >= 11 is 0. The second kappa shape index (κ2) is 7.28. The van der Waals surface area contributed by atoms with Crippen LogP contribution >= 0.6 is 0 Å². The zero-order valence-electron chi connectivity index (χ0n) is 11.7. The van der Waals surface area contributed by atoms with Crippen LogP contribution in [0.2, 0.25) is 0 Å². The maximum atomic E-state index is 5.41. The monoisotopic (exact) mass is 270 g/mol. The predicted molar refractivity (Wildman–Crippen MR) is 78.8 cm³/mol. The number of rotatable bonds is 6. The highest BCUT2D eigenvalue weighted by Crippen LogP contribution is 2.10. The molecule has 1 aromatic carbocycles. The molecule has 0 fully saturated rings. The molecule has 4 nitrogen and oxygen atoms in total. The fourth-order valence-electron chi connectivity index (χ4n) is 1.75. The Balaban J connectivity index is 2.01. The van der Waals surface area contributed by atoms with Crippen molar-refractivity contribution in [2.24, 2.45) is 5.16 Å². The van der Waals surface area contributed by atoms with Crippen molar-refractivity contribution in [3.05, 3.63) is 59.8 Å². The standard InChI is InChI=1S/C16H18N2O2/c1-3-15(14-9-10-16(19-2)17-11-14)18-20-12-13-7-5-4-6-8-13/h4-11H,3,12H2,1-2H3/b18-15+. The van der Waals surface area contributed by atoms with Crippen LogP contribution in [0.15, 0.2) is 53.8 Å². The number of hydrogen-bond donors (Lipinski definition) is 0.